The van der Waals surface area contributed by atoms with E-state index >= 15 is 0 Å². The van der Waals surface area contributed by atoms with E-state index < -0.39 is 15.4 Å². The molecule has 0 radical (unpaired) electrons. The van der Waals surface area contributed by atoms with E-state index in [-0.39, 0.29) is 23.5 Å². The number of carbonyl (C=O) groups is 1. The molecule has 5 heteroatoms. The van der Waals surface area contributed by atoms with Gasteiger partial charge in [0.05, 0.1) is 10.3 Å². The molecule has 4 atom stereocenters. The summed E-state index contributed by atoms with van der Waals surface area (Å²) in [5, 5.41) is 0. The number of Topliss-reactive ketones (excluding diaryl/α,β-unsaturated/α-hetero) is 1. The predicted molar refractivity (Wildman–Crippen MR) is 91.9 cm³/mol. The summed E-state index contributed by atoms with van der Waals surface area (Å²) in [7, 11) is -3.55. The normalized spacial score (nSPS) is 35.9. The highest BCUT2D eigenvalue weighted by molar-refractivity contribution is 7.89. The van der Waals surface area contributed by atoms with Crippen LogP contribution in [0.3, 0.4) is 0 Å². The predicted octanol–water partition coefficient (Wildman–Crippen LogP) is 2.79. The number of benzene rings is 1. The highest BCUT2D eigenvalue weighted by Crippen LogP contribution is 2.56. The highest BCUT2D eigenvalue weighted by Gasteiger charge is 2.61. The Morgan fingerprint density at radius 3 is 2.50 bits per heavy atom. The third kappa shape index (κ3) is 2.01. The van der Waals surface area contributed by atoms with Gasteiger partial charge in [-0.2, -0.15) is 4.31 Å². The van der Waals surface area contributed by atoms with E-state index in [1.54, 1.807) is 12.1 Å². The molecule has 1 aromatic carbocycles. The summed E-state index contributed by atoms with van der Waals surface area (Å²) in [6, 6.07) is 6.95. The summed E-state index contributed by atoms with van der Waals surface area (Å²) in [4.78, 5) is 13.2. The summed E-state index contributed by atoms with van der Waals surface area (Å²) in [5.74, 6) is 0.644. The zero-order valence-electron chi connectivity index (χ0n) is 14.3. The van der Waals surface area contributed by atoms with Gasteiger partial charge in [0.1, 0.15) is 5.78 Å². The molecule has 1 aliphatic heterocycles. The van der Waals surface area contributed by atoms with E-state index in [4.69, 9.17) is 0 Å². The molecule has 5 rings (SSSR count). The van der Waals surface area contributed by atoms with Gasteiger partial charge in [-0.3, -0.25) is 4.79 Å². The Hall–Kier alpha value is -1.46. The number of hydrogen-bond donors (Lipinski definition) is 0. The maximum atomic E-state index is 13.0. The summed E-state index contributed by atoms with van der Waals surface area (Å²) in [6.07, 6.45) is 3.01. The van der Waals surface area contributed by atoms with Crippen molar-refractivity contribution in [3.63, 3.8) is 0 Å². The van der Waals surface area contributed by atoms with Gasteiger partial charge < -0.3 is 0 Å². The number of carbonyl (C=O) groups excluding carboxylic acids is 1. The van der Waals surface area contributed by atoms with Crippen molar-refractivity contribution < 1.29 is 13.2 Å². The fraction of sp³-hybridized carbons (Fsp3) is 0.526. The van der Waals surface area contributed by atoms with Crippen molar-refractivity contribution in [2.24, 2.45) is 23.2 Å². The molecule has 4 nitrogen and oxygen atoms in total. The maximum absolute atomic E-state index is 13.0. The van der Waals surface area contributed by atoms with Gasteiger partial charge in [-0.05, 0) is 44.2 Å². The standard InChI is InChI=1S/C19H23NO3S/c1-12-4-6-16(7-5-12)24(22,23)20-10-15-8-17-13(2)9-19(15,11-20)18(21)14(17)3/h4-7,9,14-15,17H,8,10-11H2,1-3H3. The highest BCUT2D eigenvalue weighted by atomic mass is 32.2. The molecule has 0 aromatic heterocycles. The smallest absolute Gasteiger partial charge is 0.243 e. The molecule has 24 heavy (non-hydrogen) atoms. The van der Waals surface area contributed by atoms with E-state index in [9.17, 15) is 13.2 Å². The van der Waals surface area contributed by atoms with Gasteiger partial charge in [0.15, 0.2) is 0 Å². The van der Waals surface area contributed by atoms with Crippen LogP contribution in [-0.2, 0) is 14.8 Å². The topological polar surface area (TPSA) is 54.5 Å². The number of allylic oxidation sites excluding steroid dienone is 1. The summed E-state index contributed by atoms with van der Waals surface area (Å²) < 4.78 is 27.6. The number of fused-ring (bicyclic) bond motifs is 1. The van der Waals surface area contributed by atoms with Crippen molar-refractivity contribution in [3.05, 3.63) is 41.5 Å². The van der Waals surface area contributed by atoms with Gasteiger partial charge in [-0.25, -0.2) is 8.42 Å². The third-order valence-electron chi connectivity index (χ3n) is 6.33. The molecule has 1 aromatic rings. The molecule has 0 amide bonds. The lowest BCUT2D eigenvalue weighted by Gasteiger charge is -2.48. The van der Waals surface area contributed by atoms with Crippen molar-refractivity contribution in [2.45, 2.75) is 32.1 Å². The van der Waals surface area contributed by atoms with Crippen LogP contribution in [-0.4, -0.2) is 31.6 Å². The average Bonchev–Trinajstić information content (AvgIpc) is 2.92. The first kappa shape index (κ1) is 16.0. The lowest BCUT2D eigenvalue weighted by molar-refractivity contribution is -0.137. The first-order valence-corrected chi connectivity index (χ1v) is 10.0. The lowest BCUT2D eigenvalue weighted by atomic mass is 9.54. The molecule has 1 heterocycles. The van der Waals surface area contributed by atoms with Gasteiger partial charge in [0.25, 0.3) is 0 Å². The summed E-state index contributed by atoms with van der Waals surface area (Å²) in [6.45, 7) is 6.77. The minimum absolute atomic E-state index is 0.00767. The Labute approximate surface area is 143 Å². The maximum Gasteiger partial charge on any atom is 0.243 e. The SMILES string of the molecule is CC1=CC23CN(S(=O)(=O)c4ccc(C)cc4)CC2CC1C(C)C3=O. The van der Waals surface area contributed by atoms with Crippen LogP contribution in [0.15, 0.2) is 40.8 Å². The number of hydrogen-bond acceptors (Lipinski definition) is 3. The molecule has 0 N–H and O–H groups in total. The molecule has 1 saturated carbocycles. The summed E-state index contributed by atoms with van der Waals surface area (Å²) in [5.41, 5.74) is 1.69. The van der Waals surface area contributed by atoms with Crippen LogP contribution in [0.4, 0.5) is 0 Å². The van der Waals surface area contributed by atoms with Gasteiger partial charge in [-0.1, -0.05) is 36.3 Å². The first-order valence-electron chi connectivity index (χ1n) is 8.56. The quantitative estimate of drug-likeness (QED) is 0.775. The van der Waals surface area contributed by atoms with Crippen LogP contribution in [0.1, 0.15) is 25.8 Å². The van der Waals surface area contributed by atoms with Crippen molar-refractivity contribution in [2.75, 3.05) is 13.1 Å². The van der Waals surface area contributed by atoms with Crippen molar-refractivity contribution >= 4 is 15.8 Å². The van der Waals surface area contributed by atoms with Gasteiger partial charge in [-0.15, -0.1) is 0 Å². The van der Waals surface area contributed by atoms with E-state index in [1.807, 2.05) is 26.0 Å². The number of aryl methyl sites for hydroxylation is 1. The largest absolute Gasteiger partial charge is 0.298 e. The van der Waals surface area contributed by atoms with Gasteiger partial charge in [0, 0.05) is 19.0 Å². The molecule has 2 bridgehead atoms. The monoisotopic (exact) mass is 345 g/mol. The molecule has 128 valence electrons. The van der Waals surface area contributed by atoms with Crippen LogP contribution in [0.5, 0.6) is 0 Å². The van der Waals surface area contributed by atoms with Crippen molar-refractivity contribution in [1.82, 2.24) is 4.31 Å². The van der Waals surface area contributed by atoms with Crippen LogP contribution in [0.25, 0.3) is 0 Å². The Kier molecular flexibility index (Phi) is 3.35. The zero-order valence-corrected chi connectivity index (χ0v) is 15.1. The Balaban J connectivity index is 1.72. The molecule has 1 saturated heterocycles. The summed E-state index contributed by atoms with van der Waals surface area (Å²) >= 11 is 0. The number of nitrogens with zero attached hydrogens (tertiary/aromatic N) is 1. The molecular weight excluding hydrogens is 322 g/mol. The Morgan fingerprint density at radius 2 is 1.83 bits per heavy atom. The molecular formula is C19H23NO3S. The number of sulfonamides is 1. The van der Waals surface area contributed by atoms with Crippen LogP contribution in [0.2, 0.25) is 0 Å². The minimum Gasteiger partial charge on any atom is -0.298 e. The third-order valence-corrected chi connectivity index (χ3v) is 8.16. The number of ketones is 1. The van der Waals surface area contributed by atoms with Gasteiger partial charge >= 0.3 is 0 Å². The van der Waals surface area contributed by atoms with Crippen LogP contribution >= 0.6 is 0 Å². The molecule has 4 unspecified atom stereocenters. The first-order chi connectivity index (χ1) is 11.3. The molecule has 1 spiro atoms. The fourth-order valence-corrected chi connectivity index (χ4v) is 6.48. The van der Waals surface area contributed by atoms with E-state index in [1.165, 1.54) is 9.88 Å². The fourth-order valence-electron chi connectivity index (χ4n) is 4.95. The molecule has 2 fully saturated rings. The van der Waals surface area contributed by atoms with E-state index in [0.29, 0.717) is 18.0 Å². The molecule has 3 aliphatic carbocycles. The zero-order chi connectivity index (χ0) is 17.3. The van der Waals surface area contributed by atoms with Crippen LogP contribution in [0, 0.1) is 30.1 Å². The van der Waals surface area contributed by atoms with E-state index in [2.05, 4.69) is 13.0 Å². The minimum atomic E-state index is -3.55. The second-order valence-electron chi connectivity index (χ2n) is 7.73. The Bertz CT molecular complexity index is 840. The van der Waals surface area contributed by atoms with Crippen LogP contribution < -0.4 is 0 Å². The number of rotatable bonds is 2. The molecule has 4 aliphatic rings. The van der Waals surface area contributed by atoms with E-state index in [0.717, 1.165) is 12.0 Å². The Morgan fingerprint density at radius 1 is 1.17 bits per heavy atom. The second-order valence-corrected chi connectivity index (χ2v) is 9.67. The van der Waals surface area contributed by atoms with Gasteiger partial charge in [0.2, 0.25) is 10.0 Å². The lowest BCUT2D eigenvalue weighted by Crippen LogP contribution is -2.51. The average molecular weight is 345 g/mol. The van der Waals surface area contributed by atoms with Crippen molar-refractivity contribution in [3.8, 4) is 0 Å². The second kappa shape index (κ2) is 5.02. The van der Waals surface area contributed by atoms with Crippen molar-refractivity contribution in [1.29, 1.82) is 0 Å².